The van der Waals surface area contributed by atoms with Crippen molar-refractivity contribution in [2.75, 3.05) is 0 Å². The average Bonchev–Trinajstić information content (AvgIpc) is 1.68. The van der Waals surface area contributed by atoms with Gasteiger partial charge in [0.2, 0.25) is 6.41 Å². The molecule has 0 atom stereocenters. The Morgan fingerprint density at radius 2 is 2.57 bits per heavy atom. The number of hydrogen-bond donors (Lipinski definition) is 2. The number of carbonyl (C=O) groups excluding carboxylic acids is 1. The summed E-state index contributed by atoms with van der Waals surface area (Å²) in [5.74, 6) is 0. The van der Waals surface area contributed by atoms with Crippen LogP contribution in [0.4, 0.5) is 0 Å². The first-order valence-corrected chi connectivity index (χ1v) is 2.12. The lowest BCUT2D eigenvalue weighted by molar-refractivity contribution is -0.109. The molecule has 3 nitrogen and oxygen atoms in total. The third kappa shape index (κ3) is 3.26. The second-order valence-electron chi connectivity index (χ2n) is 1.14. The summed E-state index contributed by atoms with van der Waals surface area (Å²) in [6.45, 7) is 1.87. The minimum Gasteiger partial charge on any atom is -0.337 e. The van der Waals surface area contributed by atoms with Crippen molar-refractivity contribution in [3.63, 3.8) is 0 Å². The zero-order chi connectivity index (χ0) is 5.70. The van der Waals surface area contributed by atoms with Crippen LogP contribution in [-0.4, -0.2) is 6.41 Å². The molecule has 0 saturated heterocycles. The van der Waals surface area contributed by atoms with E-state index in [1.165, 1.54) is 0 Å². The van der Waals surface area contributed by atoms with Gasteiger partial charge in [-0.2, -0.15) is 0 Å². The molecule has 0 aliphatic heterocycles. The van der Waals surface area contributed by atoms with Crippen molar-refractivity contribution >= 4 is 6.41 Å². The normalized spacial score (nSPS) is 9.00. The van der Waals surface area contributed by atoms with Gasteiger partial charge in [-0.3, -0.25) is 4.79 Å². The maximum absolute atomic E-state index is 9.56. The first-order chi connectivity index (χ1) is 3.31. The predicted molar refractivity (Wildman–Crippen MR) is 26.9 cm³/mol. The Morgan fingerprint density at radius 3 is 2.71 bits per heavy atom. The quantitative estimate of drug-likeness (QED) is 0.475. The van der Waals surface area contributed by atoms with Crippen molar-refractivity contribution in [3.8, 4) is 0 Å². The van der Waals surface area contributed by atoms with E-state index in [0.717, 1.165) is 0 Å². The number of hydrogen-bond acceptors (Lipinski definition) is 2. The Morgan fingerprint density at radius 1 is 2.00 bits per heavy atom. The monoisotopic (exact) mass is 101 g/mol. The highest BCUT2D eigenvalue weighted by molar-refractivity contribution is 5.48. The number of nitrogens with one attached hydrogen (secondary N) is 1. The third-order valence-electron chi connectivity index (χ3n) is 0.625. The molecule has 0 aromatic carbocycles. The second-order valence-corrected chi connectivity index (χ2v) is 1.14. The molecule has 0 saturated carbocycles. The van der Waals surface area contributed by atoms with E-state index >= 15 is 0 Å². The summed E-state index contributed by atoms with van der Waals surface area (Å²) in [6, 6.07) is 0. The molecule has 0 heterocycles. The van der Waals surface area contributed by atoms with Gasteiger partial charge in [0.25, 0.3) is 0 Å². The smallest absolute Gasteiger partial charge is 0.208 e. The van der Waals surface area contributed by atoms with Gasteiger partial charge >= 0.3 is 0 Å². The van der Waals surface area contributed by atoms with E-state index in [1.54, 1.807) is 0 Å². The predicted octanol–water partition coefficient (Wildman–Crippen LogP) is -0.409. The van der Waals surface area contributed by atoms with Crippen molar-refractivity contribution in [2.24, 2.45) is 5.73 Å². The van der Waals surface area contributed by atoms with Gasteiger partial charge in [0, 0.05) is 0 Å². The SMILES string of the molecule is CC[C](N)NC=O. The molecule has 0 unspecified atom stereocenters. The van der Waals surface area contributed by atoms with Gasteiger partial charge in [-0.15, -0.1) is 0 Å². The minimum absolute atomic E-state index is 0.509. The van der Waals surface area contributed by atoms with Crippen LogP contribution in [0.25, 0.3) is 0 Å². The minimum atomic E-state index is 0.509. The van der Waals surface area contributed by atoms with Gasteiger partial charge in [0.15, 0.2) is 0 Å². The molecule has 0 rings (SSSR count). The summed E-state index contributed by atoms with van der Waals surface area (Å²) in [5, 5.41) is 2.31. The highest BCUT2D eigenvalue weighted by Gasteiger charge is 1.92. The van der Waals surface area contributed by atoms with Crippen LogP contribution < -0.4 is 11.1 Å². The van der Waals surface area contributed by atoms with E-state index in [4.69, 9.17) is 5.73 Å². The van der Waals surface area contributed by atoms with Crippen LogP contribution in [0.15, 0.2) is 0 Å². The Kier molecular flexibility index (Phi) is 3.32. The molecule has 0 fully saturated rings. The molecular weight excluding hydrogens is 92.1 g/mol. The van der Waals surface area contributed by atoms with Gasteiger partial charge < -0.3 is 11.1 Å². The zero-order valence-corrected chi connectivity index (χ0v) is 4.27. The second kappa shape index (κ2) is 3.61. The van der Waals surface area contributed by atoms with Crippen LogP contribution in [-0.2, 0) is 4.79 Å². The molecule has 0 bridgehead atoms. The highest BCUT2D eigenvalue weighted by atomic mass is 16.1. The summed E-state index contributed by atoms with van der Waals surface area (Å²) in [5.41, 5.74) is 5.16. The number of amides is 1. The van der Waals surface area contributed by atoms with Crippen LogP contribution in [0.3, 0.4) is 0 Å². The number of carbonyl (C=O) groups is 1. The van der Waals surface area contributed by atoms with Crippen molar-refractivity contribution in [1.29, 1.82) is 0 Å². The maximum atomic E-state index is 9.56. The number of nitrogens with two attached hydrogens (primary N) is 1. The van der Waals surface area contributed by atoms with Gasteiger partial charge in [0.1, 0.15) is 6.17 Å². The van der Waals surface area contributed by atoms with Gasteiger partial charge in [-0.1, -0.05) is 6.92 Å². The Balaban J connectivity index is 2.98. The third-order valence-corrected chi connectivity index (χ3v) is 0.625. The summed E-state index contributed by atoms with van der Waals surface area (Å²) in [4.78, 5) is 9.56. The number of rotatable bonds is 3. The van der Waals surface area contributed by atoms with Crippen LogP contribution >= 0.6 is 0 Å². The van der Waals surface area contributed by atoms with Crippen molar-refractivity contribution in [1.82, 2.24) is 5.32 Å². The Labute approximate surface area is 42.9 Å². The molecule has 41 valence electrons. The molecule has 0 aliphatic rings. The van der Waals surface area contributed by atoms with Gasteiger partial charge in [-0.05, 0) is 6.42 Å². The molecule has 3 heteroatoms. The van der Waals surface area contributed by atoms with Crippen LogP contribution in [0.1, 0.15) is 13.3 Å². The highest BCUT2D eigenvalue weighted by Crippen LogP contribution is 1.84. The largest absolute Gasteiger partial charge is 0.337 e. The molecule has 3 N–H and O–H groups in total. The summed E-state index contributed by atoms with van der Waals surface area (Å²) < 4.78 is 0. The van der Waals surface area contributed by atoms with E-state index in [1.807, 2.05) is 6.92 Å². The molecule has 1 radical (unpaired) electrons. The lowest BCUT2D eigenvalue weighted by atomic mass is 10.4. The van der Waals surface area contributed by atoms with Crippen LogP contribution in [0.5, 0.6) is 0 Å². The molecule has 0 aromatic heterocycles. The van der Waals surface area contributed by atoms with Crippen molar-refractivity contribution in [2.45, 2.75) is 13.3 Å². The van der Waals surface area contributed by atoms with Crippen LogP contribution in [0.2, 0.25) is 0 Å². The summed E-state index contributed by atoms with van der Waals surface area (Å²) >= 11 is 0. The maximum Gasteiger partial charge on any atom is 0.208 e. The fourth-order valence-corrected chi connectivity index (χ4v) is 0.178. The lowest BCUT2D eigenvalue weighted by Gasteiger charge is -2.01. The molecule has 1 amide bonds. The van der Waals surface area contributed by atoms with E-state index < -0.39 is 0 Å². The fraction of sp³-hybridized carbons (Fsp3) is 0.500. The molecule has 0 spiro atoms. The molecule has 7 heavy (non-hydrogen) atoms. The van der Waals surface area contributed by atoms with Gasteiger partial charge in [-0.25, -0.2) is 0 Å². The summed E-state index contributed by atoms with van der Waals surface area (Å²) in [7, 11) is 0. The summed E-state index contributed by atoms with van der Waals surface area (Å²) in [6.07, 6.45) is 1.77. The Bertz CT molecular complexity index is 55.7. The Hall–Kier alpha value is -0.570. The fourth-order valence-electron chi connectivity index (χ4n) is 0.178. The molecule has 0 aliphatic carbocycles. The van der Waals surface area contributed by atoms with Crippen LogP contribution in [0, 0.1) is 6.17 Å². The van der Waals surface area contributed by atoms with E-state index in [-0.39, 0.29) is 0 Å². The van der Waals surface area contributed by atoms with E-state index in [0.29, 0.717) is 19.0 Å². The van der Waals surface area contributed by atoms with Crippen molar-refractivity contribution < 1.29 is 4.79 Å². The average molecular weight is 101 g/mol. The first-order valence-electron chi connectivity index (χ1n) is 2.12. The van der Waals surface area contributed by atoms with E-state index in [2.05, 4.69) is 5.32 Å². The topological polar surface area (TPSA) is 55.1 Å². The lowest BCUT2D eigenvalue weighted by Crippen LogP contribution is -2.26. The molecule has 0 aromatic rings. The molecular formula is C4H9N2O. The van der Waals surface area contributed by atoms with Crippen molar-refractivity contribution in [3.05, 3.63) is 6.17 Å². The first kappa shape index (κ1) is 6.43. The van der Waals surface area contributed by atoms with E-state index in [9.17, 15) is 4.79 Å². The zero-order valence-electron chi connectivity index (χ0n) is 4.27. The standard InChI is InChI=1S/C4H9N2O/c1-2-4(5)6-3-7/h3H,2,5H2,1H3,(H,6,7). The van der Waals surface area contributed by atoms with Gasteiger partial charge in [0.05, 0.1) is 0 Å².